The van der Waals surface area contributed by atoms with Crippen LogP contribution in [0.15, 0.2) is 59.7 Å². The van der Waals surface area contributed by atoms with Crippen molar-refractivity contribution in [2.45, 2.75) is 40.1 Å². The Balaban J connectivity index is 1.53. The van der Waals surface area contributed by atoms with Gasteiger partial charge in [-0.1, -0.05) is 23.7 Å². The number of imidazole rings is 1. The van der Waals surface area contributed by atoms with Gasteiger partial charge in [0.1, 0.15) is 29.3 Å². The van der Waals surface area contributed by atoms with Gasteiger partial charge in [0.15, 0.2) is 0 Å². The molecule has 0 unspecified atom stereocenters. The van der Waals surface area contributed by atoms with Gasteiger partial charge in [0, 0.05) is 53.0 Å². The Hall–Kier alpha value is -4.18. The van der Waals surface area contributed by atoms with Crippen LogP contribution in [-0.2, 0) is 26.4 Å². The number of benzene rings is 1. The number of hydrogen-bond donors (Lipinski definition) is 0. The summed E-state index contributed by atoms with van der Waals surface area (Å²) < 4.78 is 49.1. The number of aryl methyl sites for hydroxylation is 3. The second kappa shape index (κ2) is 10.4. The molecule has 11 heteroatoms. The van der Waals surface area contributed by atoms with Crippen LogP contribution in [0.25, 0.3) is 22.3 Å². The molecule has 0 aliphatic carbocycles. The van der Waals surface area contributed by atoms with Gasteiger partial charge in [0.05, 0.1) is 17.3 Å². The van der Waals surface area contributed by atoms with Gasteiger partial charge in [0.2, 0.25) is 0 Å². The molecule has 4 aromatic heterocycles. The fourth-order valence-corrected chi connectivity index (χ4v) is 4.91. The molecule has 0 aliphatic heterocycles. The number of alkyl halides is 3. The van der Waals surface area contributed by atoms with Crippen molar-refractivity contribution in [1.82, 2.24) is 24.1 Å². The van der Waals surface area contributed by atoms with Crippen LogP contribution in [0.3, 0.4) is 0 Å². The van der Waals surface area contributed by atoms with Gasteiger partial charge >= 0.3 is 6.18 Å². The minimum absolute atomic E-state index is 0.0409. The van der Waals surface area contributed by atoms with Crippen molar-refractivity contribution in [1.29, 1.82) is 0 Å². The molecule has 0 aliphatic rings. The summed E-state index contributed by atoms with van der Waals surface area (Å²) in [5.41, 5.74) is 2.27. The predicted octanol–water partition coefficient (Wildman–Crippen LogP) is 6.42. The lowest BCUT2D eigenvalue weighted by Crippen LogP contribution is -2.29. The fourth-order valence-electron chi connectivity index (χ4n) is 4.59. The molecule has 40 heavy (non-hydrogen) atoms. The van der Waals surface area contributed by atoms with Gasteiger partial charge in [-0.2, -0.15) is 13.2 Å². The first-order valence-corrected chi connectivity index (χ1v) is 12.7. The van der Waals surface area contributed by atoms with E-state index in [1.807, 2.05) is 43.7 Å². The number of fused-ring (bicyclic) bond motifs is 1. The summed E-state index contributed by atoms with van der Waals surface area (Å²) in [5.74, 6) is 1.29. The maximum absolute atomic E-state index is 13.3. The summed E-state index contributed by atoms with van der Waals surface area (Å²) in [6.07, 6.45) is -1.67. The van der Waals surface area contributed by atoms with Gasteiger partial charge in [-0.3, -0.25) is 9.78 Å². The molecule has 0 amide bonds. The molecule has 7 nitrogen and oxygen atoms in total. The normalized spacial score (nSPS) is 11.8. The number of pyridine rings is 3. The van der Waals surface area contributed by atoms with Crippen LogP contribution in [0.2, 0.25) is 5.02 Å². The number of hydrogen-bond acceptors (Lipinski definition) is 5. The smallest absolute Gasteiger partial charge is 0.421 e. The molecule has 0 saturated heterocycles. The van der Waals surface area contributed by atoms with Gasteiger partial charge < -0.3 is 13.9 Å². The maximum Gasteiger partial charge on any atom is 0.421 e. The molecule has 0 radical (unpaired) electrons. The van der Waals surface area contributed by atoms with E-state index in [2.05, 4.69) is 9.97 Å². The monoisotopic (exact) mass is 567 g/mol. The van der Waals surface area contributed by atoms with Crippen molar-refractivity contribution in [3.63, 3.8) is 0 Å². The van der Waals surface area contributed by atoms with Gasteiger partial charge in [0.25, 0.3) is 5.56 Å². The average Bonchev–Trinajstić information content (AvgIpc) is 3.21. The zero-order valence-corrected chi connectivity index (χ0v) is 22.9. The van der Waals surface area contributed by atoms with Gasteiger partial charge in [-0.25, -0.2) is 9.97 Å². The molecular weight excluding hydrogens is 543 g/mol. The largest absolute Gasteiger partial charge is 0.486 e. The average molecular weight is 568 g/mol. The molecular formula is C29H25ClF3N5O2. The Bertz CT molecular complexity index is 1810. The van der Waals surface area contributed by atoms with Crippen LogP contribution in [-0.4, -0.2) is 24.1 Å². The summed E-state index contributed by atoms with van der Waals surface area (Å²) in [4.78, 5) is 26.3. The van der Waals surface area contributed by atoms with Crippen LogP contribution >= 0.6 is 11.6 Å². The summed E-state index contributed by atoms with van der Waals surface area (Å²) in [7, 11) is 1.95. The minimum Gasteiger partial charge on any atom is -0.486 e. The number of ether oxygens (including phenoxy) is 1. The Morgan fingerprint density at radius 2 is 1.77 bits per heavy atom. The summed E-state index contributed by atoms with van der Waals surface area (Å²) in [6.45, 7) is 5.33. The van der Waals surface area contributed by atoms with Gasteiger partial charge in [-0.15, -0.1) is 0 Å². The van der Waals surface area contributed by atoms with E-state index in [-0.39, 0.29) is 13.2 Å². The Kier molecular flexibility index (Phi) is 7.14. The molecule has 0 spiro atoms. The number of para-hydroxylation sites is 1. The molecule has 1 aromatic carbocycles. The summed E-state index contributed by atoms with van der Waals surface area (Å²) >= 11 is 6.57. The second-order valence-corrected chi connectivity index (χ2v) is 9.96. The molecule has 0 bridgehead atoms. The number of rotatable bonds is 6. The third-order valence-electron chi connectivity index (χ3n) is 6.69. The molecule has 0 saturated carbocycles. The third kappa shape index (κ3) is 5.19. The lowest BCUT2D eigenvalue weighted by atomic mass is 10.1. The van der Waals surface area contributed by atoms with Crippen molar-refractivity contribution in [3.05, 3.63) is 104 Å². The van der Waals surface area contributed by atoms with Crippen LogP contribution in [0, 0.1) is 20.8 Å². The SMILES string of the molecule is Cc1cc(Cl)c(COc2cccc3c(-c4ncc(C)n4C)cc(C)nc23)c(Cn2cccc(C(F)(F)F)c2=O)n1. The molecule has 206 valence electrons. The third-order valence-corrected chi connectivity index (χ3v) is 7.03. The molecule has 0 N–H and O–H groups in total. The predicted molar refractivity (Wildman–Crippen MR) is 147 cm³/mol. The zero-order valence-electron chi connectivity index (χ0n) is 22.2. The minimum atomic E-state index is -4.77. The van der Waals surface area contributed by atoms with E-state index in [0.29, 0.717) is 33.2 Å². The van der Waals surface area contributed by atoms with E-state index < -0.39 is 17.3 Å². The molecule has 5 aromatic rings. The van der Waals surface area contributed by atoms with E-state index in [4.69, 9.17) is 21.3 Å². The zero-order chi connectivity index (χ0) is 28.8. The lowest BCUT2D eigenvalue weighted by Gasteiger charge is -2.16. The molecule has 5 rings (SSSR count). The van der Waals surface area contributed by atoms with Crippen molar-refractivity contribution in [3.8, 4) is 17.1 Å². The van der Waals surface area contributed by atoms with Crippen LogP contribution in [0.5, 0.6) is 5.75 Å². The van der Waals surface area contributed by atoms with Gasteiger partial charge in [-0.05, 0) is 51.1 Å². The van der Waals surface area contributed by atoms with E-state index >= 15 is 0 Å². The Labute approximate surface area is 232 Å². The standard InChI is InChI=1S/C29H25ClF3N5O2/c1-16-11-20(27-34-13-18(3)37(27)4)19-7-5-9-25(26(19)36-16)40-15-21-23(30)12-17(2)35-24(21)14-38-10-6-8-22(28(38)39)29(31,32)33/h5-13H,14-15H2,1-4H3. The first-order chi connectivity index (χ1) is 18.9. The fraction of sp³-hybridized carbons (Fsp3) is 0.241. The number of aromatic nitrogens is 5. The van der Waals surface area contributed by atoms with Crippen LogP contribution in [0.4, 0.5) is 13.2 Å². The van der Waals surface area contributed by atoms with E-state index in [1.165, 1.54) is 12.3 Å². The van der Waals surface area contributed by atoms with E-state index in [9.17, 15) is 18.0 Å². The highest BCUT2D eigenvalue weighted by molar-refractivity contribution is 6.31. The highest BCUT2D eigenvalue weighted by atomic mass is 35.5. The van der Waals surface area contributed by atoms with Crippen molar-refractivity contribution in [2.75, 3.05) is 0 Å². The maximum atomic E-state index is 13.3. The highest BCUT2D eigenvalue weighted by Gasteiger charge is 2.34. The summed E-state index contributed by atoms with van der Waals surface area (Å²) in [6, 6.07) is 11.1. The topological polar surface area (TPSA) is 74.8 Å². The number of nitrogens with zero attached hydrogens (tertiary/aromatic N) is 5. The van der Waals surface area contributed by atoms with Crippen LogP contribution in [0.1, 0.15) is 33.9 Å². The first kappa shape index (κ1) is 27.4. The van der Waals surface area contributed by atoms with E-state index in [1.54, 1.807) is 25.3 Å². The Morgan fingerprint density at radius 3 is 2.48 bits per heavy atom. The quantitative estimate of drug-likeness (QED) is 0.237. The van der Waals surface area contributed by atoms with Crippen molar-refractivity contribution in [2.24, 2.45) is 7.05 Å². The molecule has 4 heterocycles. The molecule has 0 atom stereocenters. The lowest BCUT2D eigenvalue weighted by molar-refractivity contribution is -0.138. The van der Waals surface area contributed by atoms with Crippen LogP contribution < -0.4 is 10.3 Å². The Morgan fingerprint density at radius 1 is 1.02 bits per heavy atom. The van der Waals surface area contributed by atoms with E-state index in [0.717, 1.165) is 38.8 Å². The molecule has 0 fully saturated rings. The first-order valence-electron chi connectivity index (χ1n) is 12.4. The van der Waals surface area contributed by atoms with Crippen molar-refractivity contribution < 1.29 is 17.9 Å². The number of halogens is 4. The van der Waals surface area contributed by atoms with Crippen molar-refractivity contribution >= 4 is 22.5 Å². The highest BCUT2D eigenvalue weighted by Crippen LogP contribution is 2.34. The second-order valence-electron chi connectivity index (χ2n) is 9.56. The summed E-state index contributed by atoms with van der Waals surface area (Å²) in [5, 5.41) is 1.18.